The van der Waals surface area contributed by atoms with Gasteiger partial charge in [0.1, 0.15) is 0 Å². The van der Waals surface area contributed by atoms with Crippen LogP contribution >= 0.6 is 0 Å². The number of hydrogen-bond acceptors (Lipinski definition) is 4. The zero-order valence-electron chi connectivity index (χ0n) is 8.91. The van der Waals surface area contributed by atoms with E-state index in [9.17, 15) is 4.79 Å². The summed E-state index contributed by atoms with van der Waals surface area (Å²) in [6, 6.07) is 0.125. The van der Waals surface area contributed by atoms with Gasteiger partial charge in [-0.1, -0.05) is 6.92 Å². The fourth-order valence-electron chi connectivity index (χ4n) is 1.31. The minimum absolute atomic E-state index is 0.0204. The Labute approximate surface area is 85.0 Å². The third-order valence-electron chi connectivity index (χ3n) is 2.32. The Morgan fingerprint density at radius 2 is 2.50 bits per heavy atom. The van der Waals surface area contributed by atoms with Gasteiger partial charge in [-0.05, 0) is 13.3 Å². The largest absolute Gasteiger partial charge is 0.463 e. The molecular weight excluding hydrogens is 182 g/mol. The lowest BCUT2D eigenvalue weighted by atomic mass is 10.2. The van der Waals surface area contributed by atoms with Crippen LogP contribution in [0.4, 0.5) is 0 Å². The van der Waals surface area contributed by atoms with Gasteiger partial charge in [0.25, 0.3) is 0 Å². The molecule has 0 aromatic carbocycles. The first kappa shape index (κ1) is 11.5. The van der Waals surface area contributed by atoms with Gasteiger partial charge in [-0.3, -0.25) is 4.79 Å². The van der Waals surface area contributed by atoms with Crippen molar-refractivity contribution >= 4 is 5.97 Å². The molecule has 0 spiro atoms. The summed E-state index contributed by atoms with van der Waals surface area (Å²) in [6.45, 7) is 6.07. The third kappa shape index (κ3) is 4.07. The zero-order valence-corrected chi connectivity index (χ0v) is 8.91. The normalized spacial score (nSPS) is 24.3. The van der Waals surface area contributed by atoms with E-state index in [2.05, 4.69) is 5.32 Å². The van der Waals surface area contributed by atoms with E-state index < -0.39 is 0 Å². The summed E-state index contributed by atoms with van der Waals surface area (Å²) in [5, 5.41) is 3.22. The fraction of sp³-hybridized carbons (Fsp3) is 0.900. The minimum atomic E-state index is -0.137. The lowest BCUT2D eigenvalue weighted by Crippen LogP contribution is -2.42. The molecule has 82 valence electrons. The van der Waals surface area contributed by atoms with Crippen molar-refractivity contribution in [3.63, 3.8) is 0 Å². The monoisotopic (exact) mass is 201 g/mol. The lowest BCUT2D eigenvalue weighted by Gasteiger charge is -2.23. The zero-order chi connectivity index (χ0) is 10.4. The summed E-state index contributed by atoms with van der Waals surface area (Å²) in [6.07, 6.45) is 1.29. The van der Waals surface area contributed by atoms with Crippen molar-refractivity contribution in [3.8, 4) is 0 Å². The van der Waals surface area contributed by atoms with Crippen LogP contribution < -0.4 is 5.32 Å². The second-order valence-electron chi connectivity index (χ2n) is 3.64. The average Bonchev–Trinajstić information content (AvgIpc) is 2.19. The predicted octanol–water partition coefficient (Wildman–Crippen LogP) is 0.707. The first-order chi connectivity index (χ1) is 6.72. The molecule has 0 radical (unpaired) electrons. The van der Waals surface area contributed by atoms with Gasteiger partial charge in [-0.25, -0.2) is 0 Å². The molecular formula is C10H19NO3. The van der Waals surface area contributed by atoms with Crippen molar-refractivity contribution in [2.24, 2.45) is 0 Å². The van der Waals surface area contributed by atoms with Crippen LogP contribution in [0.2, 0.25) is 0 Å². The Kier molecular flexibility index (Phi) is 4.90. The smallest absolute Gasteiger partial charge is 0.307 e. The number of esters is 1. The van der Waals surface area contributed by atoms with Gasteiger partial charge in [-0.2, -0.15) is 0 Å². The van der Waals surface area contributed by atoms with Gasteiger partial charge < -0.3 is 14.8 Å². The molecule has 0 amide bonds. The summed E-state index contributed by atoms with van der Waals surface area (Å²) >= 11 is 0. The maximum Gasteiger partial charge on any atom is 0.307 e. The Bertz CT molecular complexity index is 178. The van der Waals surface area contributed by atoms with Gasteiger partial charge in [0.15, 0.2) is 0 Å². The quantitative estimate of drug-likeness (QED) is 0.680. The first-order valence-electron chi connectivity index (χ1n) is 5.23. The van der Waals surface area contributed by atoms with Crippen molar-refractivity contribution < 1.29 is 14.3 Å². The van der Waals surface area contributed by atoms with Crippen LogP contribution in [0.3, 0.4) is 0 Å². The molecule has 1 aliphatic rings. The molecule has 1 rings (SSSR count). The highest BCUT2D eigenvalue weighted by Crippen LogP contribution is 2.03. The summed E-state index contributed by atoms with van der Waals surface area (Å²) in [7, 11) is 0. The minimum Gasteiger partial charge on any atom is -0.463 e. The van der Waals surface area contributed by atoms with E-state index in [4.69, 9.17) is 9.47 Å². The van der Waals surface area contributed by atoms with Crippen LogP contribution in [-0.4, -0.2) is 37.9 Å². The highest BCUT2D eigenvalue weighted by molar-refractivity contribution is 5.70. The van der Waals surface area contributed by atoms with Crippen molar-refractivity contribution in [1.29, 1.82) is 0 Å². The molecule has 2 atom stereocenters. The molecule has 1 N–H and O–H groups in total. The van der Waals surface area contributed by atoms with Crippen LogP contribution in [0.15, 0.2) is 0 Å². The van der Waals surface area contributed by atoms with E-state index in [1.165, 1.54) is 0 Å². The Hall–Kier alpha value is -0.610. The van der Waals surface area contributed by atoms with Crippen LogP contribution in [0.25, 0.3) is 0 Å². The standard InChI is InChI=1S/C10H19NO3/c1-3-8(2)14-10(12)6-9-7-13-5-4-11-9/h8-9,11H,3-7H2,1-2H3. The highest BCUT2D eigenvalue weighted by Gasteiger charge is 2.18. The molecule has 0 aromatic rings. The summed E-state index contributed by atoms with van der Waals surface area (Å²) < 4.78 is 10.4. The SMILES string of the molecule is CCC(C)OC(=O)CC1COCCN1. The van der Waals surface area contributed by atoms with E-state index in [1.807, 2.05) is 13.8 Å². The van der Waals surface area contributed by atoms with Crippen molar-refractivity contribution in [2.45, 2.75) is 38.8 Å². The summed E-state index contributed by atoms with van der Waals surface area (Å²) in [4.78, 5) is 11.4. The number of nitrogens with one attached hydrogen (secondary N) is 1. The van der Waals surface area contributed by atoms with Crippen LogP contribution in [0.5, 0.6) is 0 Å². The van der Waals surface area contributed by atoms with E-state index in [0.29, 0.717) is 13.0 Å². The second kappa shape index (κ2) is 5.98. The average molecular weight is 201 g/mol. The number of hydrogen-bond donors (Lipinski definition) is 1. The van der Waals surface area contributed by atoms with Gasteiger partial charge in [0.05, 0.1) is 25.7 Å². The maximum atomic E-state index is 11.4. The fourth-order valence-corrected chi connectivity index (χ4v) is 1.31. The number of carbonyl (C=O) groups is 1. The van der Waals surface area contributed by atoms with Crippen LogP contribution in [-0.2, 0) is 14.3 Å². The molecule has 0 aliphatic carbocycles. The maximum absolute atomic E-state index is 11.4. The van der Waals surface area contributed by atoms with Gasteiger partial charge in [-0.15, -0.1) is 0 Å². The number of carbonyl (C=O) groups excluding carboxylic acids is 1. The van der Waals surface area contributed by atoms with E-state index in [1.54, 1.807) is 0 Å². The van der Waals surface area contributed by atoms with Crippen molar-refractivity contribution in [2.75, 3.05) is 19.8 Å². The topological polar surface area (TPSA) is 47.6 Å². The Morgan fingerprint density at radius 1 is 1.71 bits per heavy atom. The van der Waals surface area contributed by atoms with E-state index in [-0.39, 0.29) is 18.1 Å². The molecule has 0 aromatic heterocycles. The van der Waals surface area contributed by atoms with Gasteiger partial charge >= 0.3 is 5.97 Å². The molecule has 2 unspecified atom stereocenters. The molecule has 1 heterocycles. The van der Waals surface area contributed by atoms with E-state index >= 15 is 0 Å². The van der Waals surface area contributed by atoms with Crippen LogP contribution in [0, 0.1) is 0 Å². The molecule has 0 saturated carbocycles. The molecule has 1 aliphatic heterocycles. The van der Waals surface area contributed by atoms with Crippen molar-refractivity contribution in [1.82, 2.24) is 5.32 Å². The number of rotatable bonds is 4. The Balaban J connectivity index is 2.18. The molecule has 0 bridgehead atoms. The third-order valence-corrected chi connectivity index (χ3v) is 2.32. The number of morpholine rings is 1. The first-order valence-corrected chi connectivity index (χ1v) is 5.23. The molecule has 4 nitrogen and oxygen atoms in total. The number of ether oxygens (including phenoxy) is 2. The van der Waals surface area contributed by atoms with Crippen LogP contribution in [0.1, 0.15) is 26.7 Å². The summed E-state index contributed by atoms with van der Waals surface area (Å²) in [5.74, 6) is -0.137. The summed E-state index contributed by atoms with van der Waals surface area (Å²) in [5.41, 5.74) is 0. The molecule has 4 heteroatoms. The van der Waals surface area contributed by atoms with E-state index in [0.717, 1.165) is 19.6 Å². The van der Waals surface area contributed by atoms with Crippen molar-refractivity contribution in [3.05, 3.63) is 0 Å². The van der Waals surface area contributed by atoms with Gasteiger partial charge in [0, 0.05) is 12.6 Å². The highest BCUT2D eigenvalue weighted by atomic mass is 16.5. The Morgan fingerprint density at radius 3 is 3.07 bits per heavy atom. The lowest BCUT2D eigenvalue weighted by molar-refractivity contribution is -0.149. The predicted molar refractivity (Wildman–Crippen MR) is 53.1 cm³/mol. The van der Waals surface area contributed by atoms with Gasteiger partial charge in [0.2, 0.25) is 0 Å². The molecule has 1 saturated heterocycles. The molecule has 14 heavy (non-hydrogen) atoms. The second-order valence-corrected chi connectivity index (χ2v) is 3.64. The molecule has 1 fully saturated rings.